The fraction of sp³-hybridized carbons (Fsp3) is 0.300. The lowest BCUT2D eigenvalue weighted by atomic mass is 10.0. The van der Waals surface area contributed by atoms with Gasteiger partial charge in [0.15, 0.2) is 0 Å². The van der Waals surface area contributed by atoms with Gasteiger partial charge < -0.3 is 14.8 Å². The Morgan fingerprint density at radius 1 is 0.960 bits per heavy atom. The first-order valence-electron chi connectivity index (χ1n) is 8.16. The average Bonchev–Trinajstić information content (AvgIpc) is 2.66. The van der Waals surface area contributed by atoms with Gasteiger partial charge in [-0.15, -0.1) is 0 Å². The van der Waals surface area contributed by atoms with Crippen LogP contribution in [0.25, 0.3) is 0 Å². The van der Waals surface area contributed by atoms with E-state index >= 15 is 0 Å². The molecule has 0 aliphatic rings. The number of methoxy groups -OCH3 is 2. The summed E-state index contributed by atoms with van der Waals surface area (Å²) in [5.41, 5.74) is 2.00. The summed E-state index contributed by atoms with van der Waals surface area (Å²) < 4.78 is 9.93. The van der Waals surface area contributed by atoms with Gasteiger partial charge in [0.2, 0.25) is 5.91 Å². The number of esters is 1. The molecule has 0 unspecified atom stereocenters. The first-order chi connectivity index (χ1) is 12.1. The van der Waals surface area contributed by atoms with E-state index in [-0.39, 0.29) is 5.91 Å². The maximum atomic E-state index is 12.2. The zero-order valence-electron chi connectivity index (χ0n) is 14.5. The highest BCUT2D eigenvalue weighted by Crippen LogP contribution is 2.13. The number of carbonyl (C=O) groups is 2. The molecule has 0 saturated heterocycles. The fourth-order valence-electron chi connectivity index (χ4n) is 2.50. The van der Waals surface area contributed by atoms with Crippen LogP contribution in [0, 0.1) is 0 Å². The largest absolute Gasteiger partial charge is 0.497 e. The molecule has 1 atom stereocenters. The van der Waals surface area contributed by atoms with E-state index in [9.17, 15) is 9.59 Å². The Balaban J connectivity index is 1.94. The van der Waals surface area contributed by atoms with Crippen molar-refractivity contribution in [3.8, 4) is 5.75 Å². The van der Waals surface area contributed by atoms with Crippen LogP contribution in [-0.4, -0.2) is 32.1 Å². The Kier molecular flexibility index (Phi) is 7.01. The van der Waals surface area contributed by atoms with Crippen LogP contribution in [0.3, 0.4) is 0 Å². The maximum absolute atomic E-state index is 12.2. The highest BCUT2D eigenvalue weighted by molar-refractivity contribution is 5.84. The maximum Gasteiger partial charge on any atom is 0.328 e. The van der Waals surface area contributed by atoms with Crippen molar-refractivity contribution in [1.82, 2.24) is 5.32 Å². The van der Waals surface area contributed by atoms with E-state index in [4.69, 9.17) is 9.47 Å². The summed E-state index contributed by atoms with van der Waals surface area (Å²) in [4.78, 5) is 24.2. The third-order valence-electron chi connectivity index (χ3n) is 3.90. The Hall–Kier alpha value is -2.82. The van der Waals surface area contributed by atoms with Crippen LogP contribution in [0.4, 0.5) is 0 Å². The summed E-state index contributed by atoms with van der Waals surface area (Å²) in [5.74, 6) is 0.113. The van der Waals surface area contributed by atoms with Crippen LogP contribution >= 0.6 is 0 Å². The molecule has 0 aliphatic heterocycles. The first-order valence-corrected chi connectivity index (χ1v) is 8.16. The molecule has 0 bridgehead atoms. The lowest BCUT2D eigenvalue weighted by molar-refractivity contribution is -0.145. The zero-order chi connectivity index (χ0) is 18.1. The van der Waals surface area contributed by atoms with Crippen LogP contribution < -0.4 is 10.1 Å². The van der Waals surface area contributed by atoms with Crippen molar-refractivity contribution in [2.24, 2.45) is 0 Å². The van der Waals surface area contributed by atoms with Crippen molar-refractivity contribution >= 4 is 11.9 Å². The first kappa shape index (κ1) is 18.5. The number of benzene rings is 2. The predicted molar refractivity (Wildman–Crippen MR) is 95.4 cm³/mol. The molecule has 0 aromatic heterocycles. The van der Waals surface area contributed by atoms with Gasteiger partial charge in [-0.25, -0.2) is 4.79 Å². The number of ether oxygens (including phenoxy) is 2. The van der Waals surface area contributed by atoms with Crippen LogP contribution in [0.1, 0.15) is 17.5 Å². The molecule has 0 saturated carbocycles. The van der Waals surface area contributed by atoms with Gasteiger partial charge >= 0.3 is 5.97 Å². The molecule has 5 nitrogen and oxygen atoms in total. The van der Waals surface area contributed by atoms with E-state index < -0.39 is 12.0 Å². The number of hydrogen-bond acceptors (Lipinski definition) is 4. The van der Waals surface area contributed by atoms with Crippen molar-refractivity contribution in [3.05, 3.63) is 65.7 Å². The van der Waals surface area contributed by atoms with E-state index in [1.54, 1.807) is 7.11 Å². The van der Waals surface area contributed by atoms with Crippen molar-refractivity contribution < 1.29 is 19.1 Å². The highest BCUT2D eigenvalue weighted by Gasteiger charge is 2.21. The molecule has 0 heterocycles. The van der Waals surface area contributed by atoms with Gasteiger partial charge in [0.05, 0.1) is 14.2 Å². The quantitative estimate of drug-likeness (QED) is 0.750. The van der Waals surface area contributed by atoms with Crippen molar-refractivity contribution in [2.75, 3.05) is 14.2 Å². The second-order valence-electron chi connectivity index (χ2n) is 5.68. The predicted octanol–water partition coefficient (Wildman–Crippen LogP) is 2.53. The number of carbonyl (C=O) groups excluding carboxylic acids is 2. The molecule has 0 spiro atoms. The molecular formula is C20H23NO4. The molecule has 2 aromatic carbocycles. The smallest absolute Gasteiger partial charge is 0.328 e. The highest BCUT2D eigenvalue weighted by atomic mass is 16.5. The molecule has 2 aromatic rings. The summed E-state index contributed by atoms with van der Waals surface area (Å²) >= 11 is 0. The summed E-state index contributed by atoms with van der Waals surface area (Å²) in [6, 6.07) is 16.4. The van der Waals surface area contributed by atoms with Gasteiger partial charge in [-0.1, -0.05) is 42.5 Å². The summed E-state index contributed by atoms with van der Waals surface area (Å²) in [6.45, 7) is 0. The molecule has 0 radical (unpaired) electrons. The normalized spacial score (nSPS) is 11.4. The van der Waals surface area contributed by atoms with E-state index in [0.29, 0.717) is 19.3 Å². The fourth-order valence-corrected chi connectivity index (χ4v) is 2.50. The molecule has 25 heavy (non-hydrogen) atoms. The minimum atomic E-state index is -0.707. The molecule has 1 amide bonds. The topological polar surface area (TPSA) is 64.6 Å². The molecule has 5 heteroatoms. The third-order valence-corrected chi connectivity index (χ3v) is 3.90. The molecule has 0 fully saturated rings. The van der Waals surface area contributed by atoms with Crippen molar-refractivity contribution in [2.45, 2.75) is 25.3 Å². The Morgan fingerprint density at radius 2 is 1.64 bits per heavy atom. The summed E-state index contributed by atoms with van der Waals surface area (Å²) in [5, 5.41) is 2.77. The Bertz CT molecular complexity index is 683. The molecular weight excluding hydrogens is 318 g/mol. The molecule has 132 valence electrons. The Morgan fingerprint density at radius 3 is 2.24 bits per heavy atom. The second kappa shape index (κ2) is 9.47. The standard InChI is InChI=1S/C20H23NO4/c1-24-17-11-8-16(9-12-17)14-18(20(23)25-2)21-19(22)13-10-15-6-4-3-5-7-15/h3-9,11-12,18H,10,13-14H2,1-2H3,(H,21,22)/t18-/m1/s1. The monoisotopic (exact) mass is 341 g/mol. The number of amides is 1. The van der Waals surface area contributed by atoms with Gasteiger partial charge in [-0.05, 0) is 29.7 Å². The van der Waals surface area contributed by atoms with E-state index in [0.717, 1.165) is 16.9 Å². The SMILES string of the molecule is COC(=O)[C@@H](Cc1ccc(OC)cc1)NC(=O)CCc1ccccc1. The number of aryl methyl sites for hydroxylation is 1. The van der Waals surface area contributed by atoms with Gasteiger partial charge in [0.25, 0.3) is 0 Å². The van der Waals surface area contributed by atoms with Crippen LogP contribution in [-0.2, 0) is 27.2 Å². The number of rotatable bonds is 8. The molecule has 2 rings (SSSR count). The van der Waals surface area contributed by atoms with Crippen LogP contribution in [0.15, 0.2) is 54.6 Å². The van der Waals surface area contributed by atoms with Crippen LogP contribution in [0.5, 0.6) is 5.75 Å². The summed E-state index contributed by atoms with van der Waals surface area (Å²) in [6.07, 6.45) is 1.32. The number of hydrogen-bond donors (Lipinski definition) is 1. The zero-order valence-corrected chi connectivity index (χ0v) is 14.5. The van der Waals surface area contributed by atoms with E-state index in [2.05, 4.69) is 5.32 Å². The average molecular weight is 341 g/mol. The molecule has 1 N–H and O–H groups in total. The van der Waals surface area contributed by atoms with E-state index in [1.165, 1.54) is 7.11 Å². The van der Waals surface area contributed by atoms with Gasteiger partial charge in [0, 0.05) is 12.8 Å². The second-order valence-corrected chi connectivity index (χ2v) is 5.68. The lowest BCUT2D eigenvalue weighted by Gasteiger charge is -2.17. The van der Waals surface area contributed by atoms with Gasteiger partial charge in [0.1, 0.15) is 11.8 Å². The third kappa shape index (κ3) is 5.95. The number of nitrogens with one attached hydrogen (secondary N) is 1. The minimum absolute atomic E-state index is 0.173. The van der Waals surface area contributed by atoms with Crippen LogP contribution in [0.2, 0.25) is 0 Å². The van der Waals surface area contributed by atoms with Gasteiger partial charge in [-0.3, -0.25) is 4.79 Å². The Labute approximate surface area is 148 Å². The van der Waals surface area contributed by atoms with E-state index in [1.807, 2.05) is 54.6 Å². The van der Waals surface area contributed by atoms with Gasteiger partial charge in [-0.2, -0.15) is 0 Å². The van der Waals surface area contributed by atoms with Crippen molar-refractivity contribution in [1.29, 1.82) is 0 Å². The lowest BCUT2D eigenvalue weighted by Crippen LogP contribution is -2.43. The minimum Gasteiger partial charge on any atom is -0.497 e. The summed E-state index contributed by atoms with van der Waals surface area (Å²) in [7, 11) is 2.92. The molecule has 0 aliphatic carbocycles. The van der Waals surface area contributed by atoms with Crippen molar-refractivity contribution in [3.63, 3.8) is 0 Å².